The van der Waals surface area contributed by atoms with E-state index in [2.05, 4.69) is 21.9 Å². The van der Waals surface area contributed by atoms with Crippen LogP contribution in [0.1, 0.15) is 57.2 Å². The molecule has 0 saturated heterocycles. The van der Waals surface area contributed by atoms with Crippen molar-refractivity contribution in [1.82, 2.24) is 0 Å². The summed E-state index contributed by atoms with van der Waals surface area (Å²) < 4.78 is 26.5. The highest BCUT2D eigenvalue weighted by atomic mass is 35.5. The number of anilines is 3. The predicted molar refractivity (Wildman–Crippen MR) is 121 cm³/mol. The first-order valence-corrected chi connectivity index (χ1v) is 11.5. The second kappa shape index (κ2) is 8.91. The van der Waals surface area contributed by atoms with Crippen molar-refractivity contribution in [2.45, 2.75) is 60.8 Å². The Morgan fingerprint density at radius 1 is 1.14 bits per heavy atom. The number of benzene rings is 1. The lowest BCUT2D eigenvalue weighted by atomic mass is 9.90. The first kappa shape index (κ1) is 24.6. The van der Waals surface area contributed by atoms with Gasteiger partial charge in [-0.3, -0.25) is 9.52 Å². The Bertz CT molecular complexity index is 845. The molecule has 6 nitrogen and oxygen atoms in total. The SMILES string of the molecule is CCCN1CCCc2c(C)c(NS(C)(=O)=O)c(C)c(NC(=O)C(C)(C)C)c21.Cl. The topological polar surface area (TPSA) is 78.5 Å². The maximum absolute atomic E-state index is 12.7. The lowest BCUT2D eigenvalue weighted by Gasteiger charge is -2.36. The van der Waals surface area contributed by atoms with Crippen LogP contribution in [0.2, 0.25) is 0 Å². The van der Waals surface area contributed by atoms with E-state index in [4.69, 9.17) is 0 Å². The van der Waals surface area contributed by atoms with Crippen LogP contribution in [0, 0.1) is 19.3 Å². The Labute approximate surface area is 175 Å². The molecule has 0 radical (unpaired) electrons. The van der Waals surface area contributed by atoms with Gasteiger partial charge < -0.3 is 10.2 Å². The average molecular weight is 432 g/mol. The van der Waals surface area contributed by atoms with Gasteiger partial charge in [-0.2, -0.15) is 0 Å². The minimum absolute atomic E-state index is 0. The van der Waals surface area contributed by atoms with Crippen LogP contribution in [0.3, 0.4) is 0 Å². The summed E-state index contributed by atoms with van der Waals surface area (Å²) in [5.41, 5.74) is 4.65. The zero-order chi connectivity index (χ0) is 20.6. The quantitative estimate of drug-likeness (QED) is 0.730. The van der Waals surface area contributed by atoms with Crippen molar-refractivity contribution in [2.24, 2.45) is 5.41 Å². The minimum atomic E-state index is -3.42. The van der Waals surface area contributed by atoms with Gasteiger partial charge in [0.1, 0.15) is 0 Å². The zero-order valence-electron chi connectivity index (χ0n) is 18.0. The first-order chi connectivity index (χ1) is 12.4. The molecule has 1 aromatic carbocycles. The van der Waals surface area contributed by atoms with Crippen LogP contribution in [0.25, 0.3) is 0 Å². The Hall–Kier alpha value is -1.47. The third-order valence-electron chi connectivity index (χ3n) is 4.97. The number of nitrogens with one attached hydrogen (secondary N) is 2. The van der Waals surface area contributed by atoms with E-state index in [0.29, 0.717) is 5.69 Å². The van der Waals surface area contributed by atoms with Crippen molar-refractivity contribution in [1.29, 1.82) is 0 Å². The number of rotatable bonds is 5. The highest BCUT2D eigenvalue weighted by Crippen LogP contribution is 2.44. The lowest BCUT2D eigenvalue weighted by Crippen LogP contribution is -2.34. The standard InChI is InChI=1S/C20H33N3O3S.ClH/c1-8-11-23-12-9-10-15-13(2)16(22-27(7,25)26)14(3)17(18(15)23)21-19(24)20(4,5)6;/h22H,8-12H2,1-7H3,(H,21,24);1H. The van der Waals surface area contributed by atoms with E-state index in [1.807, 2.05) is 34.6 Å². The van der Waals surface area contributed by atoms with Gasteiger partial charge in [-0.25, -0.2) is 8.42 Å². The summed E-state index contributed by atoms with van der Waals surface area (Å²) in [6, 6.07) is 0. The molecule has 28 heavy (non-hydrogen) atoms. The molecule has 1 amide bonds. The molecule has 8 heteroatoms. The Balaban J connectivity index is 0.00000392. The van der Waals surface area contributed by atoms with Crippen molar-refractivity contribution < 1.29 is 13.2 Å². The molecule has 0 fully saturated rings. The molecular formula is C20H34ClN3O3S. The smallest absolute Gasteiger partial charge is 0.229 e. The number of halogens is 1. The Morgan fingerprint density at radius 2 is 1.75 bits per heavy atom. The minimum Gasteiger partial charge on any atom is -0.370 e. The summed E-state index contributed by atoms with van der Waals surface area (Å²) in [4.78, 5) is 15.1. The molecule has 0 atom stereocenters. The monoisotopic (exact) mass is 431 g/mol. The van der Waals surface area contributed by atoms with Crippen LogP contribution >= 0.6 is 12.4 Å². The molecule has 0 aromatic heterocycles. The summed E-state index contributed by atoms with van der Waals surface area (Å²) in [5, 5.41) is 3.10. The maximum Gasteiger partial charge on any atom is 0.229 e. The Morgan fingerprint density at radius 3 is 2.25 bits per heavy atom. The van der Waals surface area contributed by atoms with E-state index in [1.165, 1.54) is 0 Å². The maximum atomic E-state index is 12.7. The van der Waals surface area contributed by atoms with Crippen LogP contribution < -0.4 is 14.9 Å². The molecule has 2 rings (SSSR count). The van der Waals surface area contributed by atoms with Gasteiger partial charge in [0, 0.05) is 18.5 Å². The normalized spacial score (nSPS) is 14.2. The molecule has 1 aliphatic rings. The summed E-state index contributed by atoms with van der Waals surface area (Å²) in [6.07, 6.45) is 4.05. The highest BCUT2D eigenvalue weighted by Gasteiger charge is 2.30. The Kier molecular flexibility index (Phi) is 7.81. The average Bonchev–Trinajstić information content (AvgIpc) is 2.54. The zero-order valence-corrected chi connectivity index (χ0v) is 19.7. The van der Waals surface area contributed by atoms with E-state index in [1.54, 1.807) is 0 Å². The number of carbonyl (C=O) groups excluding carboxylic acids is 1. The fourth-order valence-corrected chi connectivity index (χ4v) is 4.24. The van der Waals surface area contributed by atoms with Crippen molar-refractivity contribution in [2.75, 3.05) is 34.3 Å². The van der Waals surface area contributed by atoms with E-state index in [-0.39, 0.29) is 18.3 Å². The fraction of sp³-hybridized carbons (Fsp3) is 0.650. The molecule has 0 saturated carbocycles. The molecule has 1 aliphatic heterocycles. The third-order valence-corrected chi connectivity index (χ3v) is 5.55. The lowest BCUT2D eigenvalue weighted by molar-refractivity contribution is -0.123. The van der Waals surface area contributed by atoms with Gasteiger partial charge in [0.15, 0.2) is 0 Å². The fourth-order valence-electron chi connectivity index (χ4n) is 3.56. The number of fused-ring (bicyclic) bond motifs is 1. The molecule has 0 unspecified atom stereocenters. The van der Waals surface area contributed by atoms with Crippen LogP contribution in [0.15, 0.2) is 0 Å². The number of hydrogen-bond acceptors (Lipinski definition) is 4. The first-order valence-electron chi connectivity index (χ1n) is 9.57. The number of amides is 1. The van der Waals surface area contributed by atoms with E-state index in [9.17, 15) is 13.2 Å². The second-order valence-electron chi connectivity index (χ2n) is 8.50. The highest BCUT2D eigenvalue weighted by molar-refractivity contribution is 7.92. The van der Waals surface area contributed by atoms with E-state index < -0.39 is 15.4 Å². The molecule has 160 valence electrons. The summed E-state index contributed by atoms with van der Waals surface area (Å²) >= 11 is 0. The van der Waals surface area contributed by atoms with Crippen LogP contribution in [0.5, 0.6) is 0 Å². The number of sulfonamides is 1. The van der Waals surface area contributed by atoms with Crippen molar-refractivity contribution >= 4 is 45.4 Å². The summed E-state index contributed by atoms with van der Waals surface area (Å²) in [6.45, 7) is 13.4. The molecule has 0 aliphatic carbocycles. The van der Waals surface area contributed by atoms with Gasteiger partial charge in [0.25, 0.3) is 0 Å². The van der Waals surface area contributed by atoms with Crippen molar-refractivity contribution in [3.8, 4) is 0 Å². The summed E-state index contributed by atoms with van der Waals surface area (Å²) in [5.74, 6) is -0.0796. The molecule has 0 spiro atoms. The molecule has 1 heterocycles. The predicted octanol–water partition coefficient (Wildman–Crippen LogP) is 4.24. The third kappa shape index (κ3) is 5.32. The van der Waals surface area contributed by atoms with Gasteiger partial charge in [0.05, 0.1) is 23.3 Å². The van der Waals surface area contributed by atoms with Crippen LogP contribution in [-0.2, 0) is 21.2 Å². The number of nitrogens with zero attached hydrogens (tertiary/aromatic N) is 1. The van der Waals surface area contributed by atoms with Gasteiger partial charge in [0.2, 0.25) is 15.9 Å². The molecule has 1 aromatic rings. The number of hydrogen-bond donors (Lipinski definition) is 2. The van der Waals surface area contributed by atoms with Crippen molar-refractivity contribution in [3.63, 3.8) is 0 Å². The van der Waals surface area contributed by atoms with Crippen molar-refractivity contribution in [3.05, 3.63) is 16.7 Å². The second-order valence-corrected chi connectivity index (χ2v) is 10.2. The molecule has 0 bridgehead atoms. The molecular weight excluding hydrogens is 398 g/mol. The number of carbonyl (C=O) groups is 1. The van der Waals surface area contributed by atoms with E-state index in [0.717, 1.165) is 66.7 Å². The van der Waals surface area contributed by atoms with Gasteiger partial charge in [-0.05, 0) is 49.8 Å². The van der Waals surface area contributed by atoms with Crippen LogP contribution in [0.4, 0.5) is 17.1 Å². The van der Waals surface area contributed by atoms with Gasteiger partial charge in [-0.1, -0.05) is 27.7 Å². The largest absolute Gasteiger partial charge is 0.370 e. The summed E-state index contributed by atoms with van der Waals surface area (Å²) in [7, 11) is -3.42. The van der Waals surface area contributed by atoms with Crippen LogP contribution in [-0.4, -0.2) is 33.7 Å². The van der Waals surface area contributed by atoms with Gasteiger partial charge in [-0.15, -0.1) is 12.4 Å². The van der Waals surface area contributed by atoms with Gasteiger partial charge >= 0.3 is 0 Å². The van der Waals surface area contributed by atoms with E-state index >= 15 is 0 Å². The molecule has 2 N–H and O–H groups in total.